The number of hydrogen-bond acceptors (Lipinski definition) is 4. The monoisotopic (exact) mass is 299 g/mol. The molecule has 6 heteroatoms. The molecule has 0 saturated carbocycles. The summed E-state index contributed by atoms with van der Waals surface area (Å²) in [5.74, 6) is -2.45. The Labute approximate surface area is 126 Å². The maximum absolute atomic E-state index is 11.9. The van der Waals surface area contributed by atoms with E-state index in [1.165, 1.54) is 12.1 Å². The number of phenolic OH excluding ortho intramolecular Hbond substituents is 1. The fraction of sp³-hybridized carbons (Fsp3) is 0. The maximum atomic E-state index is 11.9. The van der Waals surface area contributed by atoms with Crippen molar-refractivity contribution in [2.75, 3.05) is 5.06 Å². The van der Waals surface area contributed by atoms with Gasteiger partial charge < -0.3 is 10.2 Å². The van der Waals surface area contributed by atoms with Gasteiger partial charge in [-0.15, -0.1) is 0 Å². The van der Waals surface area contributed by atoms with Crippen LogP contribution in [0.3, 0.4) is 0 Å². The summed E-state index contributed by atoms with van der Waals surface area (Å²) in [7, 11) is 0. The molecule has 0 atom stereocenters. The molecule has 1 amide bonds. The molecule has 0 saturated heterocycles. The summed E-state index contributed by atoms with van der Waals surface area (Å²) in [6.07, 6.45) is 2.61. The SMILES string of the molecule is O=C(O)c1cc(O)ccc1N(O)C(=O)C=Cc1ccccc1. The van der Waals surface area contributed by atoms with E-state index < -0.39 is 11.9 Å². The highest BCUT2D eigenvalue weighted by molar-refractivity contribution is 6.06. The van der Waals surface area contributed by atoms with E-state index in [-0.39, 0.29) is 22.1 Å². The highest BCUT2D eigenvalue weighted by Crippen LogP contribution is 2.24. The van der Waals surface area contributed by atoms with E-state index in [2.05, 4.69) is 0 Å². The Morgan fingerprint density at radius 2 is 1.73 bits per heavy atom. The van der Waals surface area contributed by atoms with Gasteiger partial charge in [-0.25, -0.2) is 4.79 Å². The molecule has 0 aliphatic rings. The lowest BCUT2D eigenvalue weighted by atomic mass is 10.1. The average molecular weight is 299 g/mol. The van der Waals surface area contributed by atoms with Crippen molar-refractivity contribution in [2.45, 2.75) is 0 Å². The van der Waals surface area contributed by atoms with Gasteiger partial charge in [0.05, 0.1) is 11.3 Å². The summed E-state index contributed by atoms with van der Waals surface area (Å²) < 4.78 is 0. The third-order valence-corrected chi connectivity index (χ3v) is 2.87. The molecule has 0 bridgehead atoms. The molecule has 0 aromatic heterocycles. The lowest BCUT2D eigenvalue weighted by Gasteiger charge is -2.15. The Bertz CT molecular complexity index is 725. The first kappa shape index (κ1) is 15.3. The number of carboxylic acids is 1. The van der Waals surface area contributed by atoms with E-state index in [9.17, 15) is 19.9 Å². The van der Waals surface area contributed by atoms with Gasteiger partial charge >= 0.3 is 5.97 Å². The summed E-state index contributed by atoms with van der Waals surface area (Å²) in [6.45, 7) is 0. The van der Waals surface area contributed by atoms with Gasteiger partial charge in [-0.05, 0) is 29.8 Å². The molecular formula is C16H13NO5. The highest BCUT2D eigenvalue weighted by Gasteiger charge is 2.19. The minimum absolute atomic E-state index is 0.225. The van der Waals surface area contributed by atoms with E-state index in [0.717, 1.165) is 23.8 Å². The number of rotatable bonds is 4. The van der Waals surface area contributed by atoms with Gasteiger partial charge in [0.25, 0.3) is 5.91 Å². The smallest absolute Gasteiger partial charge is 0.338 e. The van der Waals surface area contributed by atoms with Crippen molar-refractivity contribution >= 4 is 23.6 Å². The van der Waals surface area contributed by atoms with Crippen molar-refractivity contribution < 1.29 is 25.0 Å². The Morgan fingerprint density at radius 3 is 2.36 bits per heavy atom. The van der Waals surface area contributed by atoms with E-state index in [4.69, 9.17) is 5.11 Å². The van der Waals surface area contributed by atoms with Crippen molar-refractivity contribution in [2.24, 2.45) is 0 Å². The molecule has 0 fully saturated rings. The van der Waals surface area contributed by atoms with Gasteiger partial charge in [0, 0.05) is 6.08 Å². The first-order valence-corrected chi connectivity index (χ1v) is 6.31. The van der Waals surface area contributed by atoms with Gasteiger partial charge in [-0.3, -0.25) is 10.0 Å². The van der Waals surface area contributed by atoms with E-state index in [0.29, 0.717) is 0 Å². The summed E-state index contributed by atoms with van der Waals surface area (Å²) >= 11 is 0. The van der Waals surface area contributed by atoms with Gasteiger partial charge in [0.15, 0.2) is 0 Å². The van der Waals surface area contributed by atoms with Gasteiger partial charge in [0.1, 0.15) is 5.75 Å². The van der Waals surface area contributed by atoms with Crippen LogP contribution in [-0.4, -0.2) is 27.3 Å². The van der Waals surface area contributed by atoms with Gasteiger partial charge in [0.2, 0.25) is 0 Å². The van der Waals surface area contributed by atoms with Crippen LogP contribution >= 0.6 is 0 Å². The number of carbonyl (C=O) groups is 2. The number of aromatic hydroxyl groups is 1. The van der Waals surface area contributed by atoms with Crippen molar-refractivity contribution in [3.63, 3.8) is 0 Å². The topological polar surface area (TPSA) is 98.1 Å². The fourth-order valence-corrected chi connectivity index (χ4v) is 1.80. The van der Waals surface area contributed by atoms with E-state index in [1.807, 2.05) is 6.07 Å². The first-order chi connectivity index (χ1) is 10.5. The molecular weight excluding hydrogens is 286 g/mol. The van der Waals surface area contributed by atoms with Crippen LogP contribution in [0, 0.1) is 0 Å². The molecule has 0 heterocycles. The van der Waals surface area contributed by atoms with Crippen molar-refractivity contribution in [3.05, 3.63) is 65.7 Å². The second-order valence-electron chi connectivity index (χ2n) is 4.40. The molecule has 0 aliphatic heterocycles. The standard InChI is InChI=1S/C16H13NO5/c18-12-7-8-14(13(10-12)16(20)21)17(22)15(19)9-6-11-4-2-1-3-5-11/h1-10,18,22H,(H,20,21). The van der Waals surface area contributed by atoms with E-state index in [1.54, 1.807) is 24.3 Å². The number of carbonyl (C=O) groups excluding carboxylic acids is 1. The predicted octanol–water partition coefficient (Wildman–Crippen LogP) is 2.53. The third kappa shape index (κ3) is 3.50. The van der Waals surface area contributed by atoms with Gasteiger partial charge in [-0.1, -0.05) is 30.3 Å². The van der Waals surface area contributed by atoms with Crippen LogP contribution in [0.2, 0.25) is 0 Å². The summed E-state index contributed by atoms with van der Waals surface area (Å²) in [5, 5.41) is 28.4. The van der Waals surface area contributed by atoms with Crippen LogP contribution in [0.5, 0.6) is 5.75 Å². The molecule has 2 rings (SSSR count). The molecule has 2 aromatic rings. The zero-order valence-electron chi connectivity index (χ0n) is 11.4. The highest BCUT2D eigenvalue weighted by atomic mass is 16.5. The van der Waals surface area contributed by atoms with Crippen LogP contribution in [-0.2, 0) is 4.79 Å². The minimum Gasteiger partial charge on any atom is -0.508 e. The Kier molecular flexibility index (Phi) is 4.55. The third-order valence-electron chi connectivity index (χ3n) is 2.87. The Hall–Kier alpha value is -3.12. The van der Waals surface area contributed by atoms with E-state index >= 15 is 0 Å². The van der Waals surface area contributed by atoms with Crippen molar-refractivity contribution in [1.82, 2.24) is 0 Å². The summed E-state index contributed by atoms with van der Waals surface area (Å²) in [4.78, 5) is 23.0. The number of hydroxylamine groups is 1. The maximum Gasteiger partial charge on any atom is 0.338 e. The fourth-order valence-electron chi connectivity index (χ4n) is 1.80. The number of anilines is 1. The quantitative estimate of drug-likeness (QED) is 0.458. The molecule has 22 heavy (non-hydrogen) atoms. The molecule has 3 N–H and O–H groups in total. The van der Waals surface area contributed by atoms with Crippen LogP contribution in [0.25, 0.3) is 6.08 Å². The van der Waals surface area contributed by atoms with Crippen LogP contribution < -0.4 is 5.06 Å². The summed E-state index contributed by atoms with van der Waals surface area (Å²) in [5.41, 5.74) is 0.144. The number of hydrogen-bond donors (Lipinski definition) is 3. The Balaban J connectivity index is 2.24. The molecule has 0 unspecified atom stereocenters. The Morgan fingerprint density at radius 1 is 1.05 bits per heavy atom. The largest absolute Gasteiger partial charge is 0.508 e. The number of amides is 1. The number of nitrogens with zero attached hydrogens (tertiary/aromatic N) is 1. The zero-order valence-corrected chi connectivity index (χ0v) is 11.4. The molecule has 112 valence electrons. The lowest BCUT2D eigenvalue weighted by molar-refractivity contribution is -0.118. The number of carboxylic acid groups (broad SMARTS) is 1. The van der Waals surface area contributed by atoms with Gasteiger partial charge in [-0.2, -0.15) is 5.06 Å². The normalized spacial score (nSPS) is 10.6. The van der Waals surface area contributed by atoms with Crippen LogP contribution in [0.15, 0.2) is 54.6 Å². The minimum atomic E-state index is -1.37. The second-order valence-corrected chi connectivity index (χ2v) is 4.40. The number of benzene rings is 2. The zero-order chi connectivity index (χ0) is 16.1. The predicted molar refractivity (Wildman–Crippen MR) is 79.8 cm³/mol. The van der Waals surface area contributed by atoms with Crippen molar-refractivity contribution in [1.29, 1.82) is 0 Å². The summed E-state index contributed by atoms with van der Waals surface area (Å²) in [6, 6.07) is 12.2. The molecule has 0 spiro atoms. The van der Waals surface area contributed by atoms with Crippen LogP contribution in [0.1, 0.15) is 15.9 Å². The van der Waals surface area contributed by atoms with Crippen LogP contribution in [0.4, 0.5) is 5.69 Å². The number of aromatic carboxylic acids is 1. The second kappa shape index (κ2) is 6.55. The first-order valence-electron chi connectivity index (χ1n) is 6.31. The molecule has 6 nitrogen and oxygen atoms in total. The molecule has 0 radical (unpaired) electrons. The average Bonchev–Trinajstić information content (AvgIpc) is 2.52. The lowest BCUT2D eigenvalue weighted by Crippen LogP contribution is -2.26. The number of phenols is 1. The van der Waals surface area contributed by atoms with Crippen molar-refractivity contribution in [3.8, 4) is 5.75 Å². The molecule has 0 aliphatic carbocycles. The molecule has 2 aromatic carbocycles.